The van der Waals surface area contributed by atoms with Gasteiger partial charge in [-0.25, -0.2) is 0 Å². The van der Waals surface area contributed by atoms with Gasteiger partial charge in [-0.1, -0.05) is 49.2 Å². The summed E-state index contributed by atoms with van der Waals surface area (Å²) in [7, 11) is 5.29. The van der Waals surface area contributed by atoms with E-state index < -0.39 is 5.41 Å². The van der Waals surface area contributed by atoms with E-state index >= 15 is 0 Å². The molecule has 1 aliphatic carbocycles. The first-order chi connectivity index (χ1) is 15.5. The highest BCUT2D eigenvalue weighted by Crippen LogP contribution is 2.44. The van der Waals surface area contributed by atoms with E-state index in [0.717, 1.165) is 55.6 Å². The molecule has 0 unspecified atom stereocenters. The van der Waals surface area contributed by atoms with Gasteiger partial charge in [0.25, 0.3) is 0 Å². The second kappa shape index (κ2) is 9.53. The maximum absolute atomic E-state index is 14.0. The van der Waals surface area contributed by atoms with E-state index in [-0.39, 0.29) is 11.3 Å². The molecule has 1 amide bonds. The van der Waals surface area contributed by atoms with Gasteiger partial charge in [-0.2, -0.15) is 0 Å². The zero-order valence-corrected chi connectivity index (χ0v) is 19.6. The number of carbonyl (C=O) groups is 1. The third-order valence-electron chi connectivity index (χ3n) is 7.53. The number of ether oxygens (including phenoxy) is 3. The Balaban J connectivity index is 1.65. The maximum Gasteiger partial charge on any atom is 0.232 e. The van der Waals surface area contributed by atoms with Crippen molar-refractivity contribution in [2.45, 2.75) is 49.4 Å². The van der Waals surface area contributed by atoms with Crippen molar-refractivity contribution in [1.29, 1.82) is 0 Å². The SMILES string of the molecule is COc1ccc(C2(CN(C)C(=O)C3(c4ccccc4)CCCC3)CCOCC2)cc1OC. The highest BCUT2D eigenvalue weighted by Gasteiger charge is 2.46. The molecule has 2 fully saturated rings. The van der Waals surface area contributed by atoms with Crippen LogP contribution in [0.5, 0.6) is 11.5 Å². The lowest BCUT2D eigenvalue weighted by molar-refractivity contribution is -0.137. The quantitative estimate of drug-likeness (QED) is 0.629. The molecule has 0 spiro atoms. The molecule has 1 saturated carbocycles. The number of amides is 1. The molecule has 1 heterocycles. The summed E-state index contributed by atoms with van der Waals surface area (Å²) in [6.07, 6.45) is 5.79. The van der Waals surface area contributed by atoms with Crippen LogP contribution in [0.4, 0.5) is 0 Å². The number of nitrogens with zero attached hydrogens (tertiary/aromatic N) is 1. The molecular weight excluding hydrogens is 402 g/mol. The van der Waals surface area contributed by atoms with Gasteiger partial charge in [-0.15, -0.1) is 0 Å². The summed E-state index contributed by atoms with van der Waals surface area (Å²) >= 11 is 0. The van der Waals surface area contributed by atoms with Crippen molar-refractivity contribution >= 4 is 5.91 Å². The lowest BCUT2D eigenvalue weighted by Crippen LogP contribution is -2.50. The van der Waals surface area contributed by atoms with Crippen LogP contribution in [0.25, 0.3) is 0 Å². The second-order valence-electron chi connectivity index (χ2n) is 9.28. The number of carbonyl (C=O) groups excluding carboxylic acids is 1. The van der Waals surface area contributed by atoms with Gasteiger partial charge in [-0.3, -0.25) is 4.79 Å². The third-order valence-corrected chi connectivity index (χ3v) is 7.53. The Kier molecular flexibility index (Phi) is 6.75. The van der Waals surface area contributed by atoms with Gasteiger partial charge in [0, 0.05) is 32.2 Å². The summed E-state index contributed by atoms with van der Waals surface area (Å²) in [6.45, 7) is 2.06. The van der Waals surface area contributed by atoms with Gasteiger partial charge in [0.2, 0.25) is 5.91 Å². The van der Waals surface area contributed by atoms with E-state index in [4.69, 9.17) is 14.2 Å². The summed E-state index contributed by atoms with van der Waals surface area (Å²) in [4.78, 5) is 16.0. The Labute approximate surface area is 191 Å². The van der Waals surface area contributed by atoms with Crippen LogP contribution < -0.4 is 9.47 Å². The van der Waals surface area contributed by atoms with Crippen LogP contribution in [-0.2, 0) is 20.4 Å². The van der Waals surface area contributed by atoms with E-state index in [9.17, 15) is 4.79 Å². The van der Waals surface area contributed by atoms with Crippen molar-refractivity contribution in [3.8, 4) is 11.5 Å². The van der Waals surface area contributed by atoms with Gasteiger partial charge < -0.3 is 19.1 Å². The molecule has 4 rings (SSSR count). The standard InChI is InChI=1S/C27H35NO4/c1-28(25(29)27(13-7-8-14-27)21-9-5-4-6-10-21)20-26(15-17-32-18-16-26)22-11-12-23(30-2)24(19-22)31-3/h4-6,9-12,19H,7-8,13-18,20H2,1-3H3. The summed E-state index contributed by atoms with van der Waals surface area (Å²) in [5, 5.41) is 0. The fourth-order valence-electron chi connectivity index (χ4n) is 5.72. The topological polar surface area (TPSA) is 48.0 Å². The lowest BCUT2D eigenvalue weighted by atomic mass is 9.72. The fourth-order valence-corrected chi connectivity index (χ4v) is 5.72. The average molecular weight is 438 g/mol. The summed E-state index contributed by atoms with van der Waals surface area (Å²) in [5.74, 6) is 1.69. The fraction of sp³-hybridized carbons (Fsp3) is 0.519. The first-order valence-electron chi connectivity index (χ1n) is 11.7. The van der Waals surface area contributed by atoms with Crippen molar-refractivity contribution in [2.75, 3.05) is 41.0 Å². The van der Waals surface area contributed by atoms with Crippen LogP contribution in [0.1, 0.15) is 49.7 Å². The molecule has 2 aromatic carbocycles. The number of rotatable bonds is 7. The first-order valence-corrected chi connectivity index (χ1v) is 11.7. The Bertz CT molecular complexity index is 915. The number of hydrogen-bond donors (Lipinski definition) is 0. The summed E-state index contributed by atoms with van der Waals surface area (Å²) < 4.78 is 16.7. The van der Waals surface area contributed by atoms with Crippen LogP contribution in [0.3, 0.4) is 0 Å². The molecule has 1 aliphatic heterocycles. The maximum atomic E-state index is 14.0. The van der Waals surface area contributed by atoms with Gasteiger partial charge in [-0.05, 0) is 48.9 Å². The third kappa shape index (κ3) is 4.11. The molecule has 32 heavy (non-hydrogen) atoms. The largest absolute Gasteiger partial charge is 0.493 e. The average Bonchev–Trinajstić information content (AvgIpc) is 3.35. The highest BCUT2D eigenvalue weighted by molar-refractivity contribution is 5.88. The van der Waals surface area contributed by atoms with Crippen LogP contribution in [0.15, 0.2) is 48.5 Å². The molecular formula is C27H35NO4. The van der Waals surface area contributed by atoms with E-state index in [2.05, 4.69) is 24.3 Å². The molecule has 0 radical (unpaired) electrons. The van der Waals surface area contributed by atoms with Crippen molar-refractivity contribution < 1.29 is 19.0 Å². The first kappa shape index (κ1) is 22.7. The van der Waals surface area contributed by atoms with E-state index in [1.165, 1.54) is 5.56 Å². The van der Waals surface area contributed by atoms with Crippen molar-refractivity contribution in [2.24, 2.45) is 0 Å². The van der Waals surface area contributed by atoms with E-state index in [0.29, 0.717) is 19.8 Å². The van der Waals surface area contributed by atoms with Crippen LogP contribution in [0.2, 0.25) is 0 Å². The Hall–Kier alpha value is -2.53. The Morgan fingerprint density at radius 2 is 1.56 bits per heavy atom. The van der Waals surface area contributed by atoms with Crippen molar-refractivity contribution in [1.82, 2.24) is 4.90 Å². The minimum Gasteiger partial charge on any atom is -0.493 e. The second-order valence-corrected chi connectivity index (χ2v) is 9.28. The molecule has 2 aliphatic rings. The Morgan fingerprint density at radius 3 is 2.19 bits per heavy atom. The van der Waals surface area contributed by atoms with Gasteiger partial charge in [0.05, 0.1) is 19.6 Å². The molecule has 0 N–H and O–H groups in total. The van der Waals surface area contributed by atoms with Crippen molar-refractivity contribution in [3.63, 3.8) is 0 Å². The van der Waals surface area contributed by atoms with Gasteiger partial charge in [0.15, 0.2) is 11.5 Å². The molecule has 2 aromatic rings. The number of benzene rings is 2. The molecule has 1 saturated heterocycles. The minimum atomic E-state index is -0.403. The molecule has 0 bridgehead atoms. The Morgan fingerprint density at radius 1 is 0.906 bits per heavy atom. The van der Waals surface area contributed by atoms with Gasteiger partial charge >= 0.3 is 0 Å². The molecule has 172 valence electrons. The summed E-state index contributed by atoms with van der Waals surface area (Å²) in [6, 6.07) is 16.5. The smallest absolute Gasteiger partial charge is 0.232 e. The number of methoxy groups -OCH3 is 2. The molecule has 0 atom stereocenters. The predicted molar refractivity (Wildman–Crippen MR) is 126 cm³/mol. The number of hydrogen-bond acceptors (Lipinski definition) is 4. The molecule has 5 nitrogen and oxygen atoms in total. The summed E-state index contributed by atoms with van der Waals surface area (Å²) in [5.41, 5.74) is 1.76. The normalized spacial score (nSPS) is 19.3. The molecule has 5 heteroatoms. The van der Waals surface area contributed by atoms with Crippen LogP contribution >= 0.6 is 0 Å². The van der Waals surface area contributed by atoms with E-state index in [1.807, 2.05) is 36.2 Å². The zero-order chi connectivity index (χ0) is 22.6. The molecule has 0 aromatic heterocycles. The lowest BCUT2D eigenvalue weighted by Gasteiger charge is -2.43. The highest BCUT2D eigenvalue weighted by atomic mass is 16.5. The predicted octanol–water partition coefficient (Wildman–Crippen LogP) is 4.72. The van der Waals surface area contributed by atoms with E-state index in [1.54, 1.807) is 14.2 Å². The van der Waals surface area contributed by atoms with Gasteiger partial charge in [0.1, 0.15) is 0 Å². The monoisotopic (exact) mass is 437 g/mol. The zero-order valence-electron chi connectivity index (χ0n) is 19.6. The van der Waals surface area contributed by atoms with Crippen LogP contribution in [-0.4, -0.2) is 51.8 Å². The minimum absolute atomic E-state index is 0.168. The van der Waals surface area contributed by atoms with Crippen LogP contribution in [0, 0.1) is 0 Å². The van der Waals surface area contributed by atoms with Crippen molar-refractivity contribution in [3.05, 3.63) is 59.7 Å². The number of likely N-dealkylation sites (N-methyl/N-ethyl adjacent to an activating group) is 1.